The number of halogens is 1. The van der Waals surface area contributed by atoms with Crippen molar-refractivity contribution in [3.05, 3.63) is 28.8 Å². The van der Waals surface area contributed by atoms with Gasteiger partial charge in [0.2, 0.25) is 10.0 Å². The van der Waals surface area contributed by atoms with Crippen molar-refractivity contribution in [2.45, 2.75) is 30.8 Å². The van der Waals surface area contributed by atoms with Crippen LogP contribution in [0.15, 0.2) is 23.1 Å². The summed E-state index contributed by atoms with van der Waals surface area (Å²) in [7, 11) is -3.66. The van der Waals surface area contributed by atoms with E-state index in [4.69, 9.17) is 16.9 Å². The molecule has 0 spiro atoms. The van der Waals surface area contributed by atoms with E-state index in [1.54, 1.807) is 0 Å². The lowest BCUT2D eigenvalue weighted by molar-refractivity contribution is 0.220. The van der Waals surface area contributed by atoms with E-state index in [1.807, 2.05) is 19.9 Å². The number of nitrogens with one attached hydrogen (secondary N) is 1. The van der Waals surface area contributed by atoms with Crippen molar-refractivity contribution in [2.75, 3.05) is 13.1 Å². The highest BCUT2D eigenvalue weighted by Gasteiger charge is 2.36. The molecule has 1 aliphatic heterocycles. The molecule has 7 heteroatoms. The Morgan fingerprint density at radius 2 is 1.95 bits per heavy atom. The highest BCUT2D eigenvalue weighted by molar-refractivity contribution is 7.89. The van der Waals surface area contributed by atoms with Crippen LogP contribution in [0.4, 0.5) is 0 Å². The maximum atomic E-state index is 12.8. The summed E-state index contributed by atoms with van der Waals surface area (Å²) in [4.78, 5) is 0.0544. The molecule has 1 aromatic carbocycles. The van der Waals surface area contributed by atoms with Gasteiger partial charge in [-0.15, -0.1) is 0 Å². The van der Waals surface area contributed by atoms with Gasteiger partial charge in [-0.25, -0.2) is 8.42 Å². The van der Waals surface area contributed by atoms with E-state index in [9.17, 15) is 8.42 Å². The molecule has 20 heavy (non-hydrogen) atoms. The van der Waals surface area contributed by atoms with Crippen molar-refractivity contribution < 1.29 is 8.42 Å². The van der Waals surface area contributed by atoms with Crippen molar-refractivity contribution in [2.24, 2.45) is 0 Å². The first-order valence-electron chi connectivity index (χ1n) is 6.32. The molecule has 0 radical (unpaired) electrons. The van der Waals surface area contributed by atoms with Crippen LogP contribution in [-0.2, 0) is 10.0 Å². The molecule has 0 aromatic heterocycles. The first kappa shape index (κ1) is 15.3. The summed E-state index contributed by atoms with van der Waals surface area (Å²) >= 11 is 6.03. The number of rotatable bonds is 2. The third kappa shape index (κ3) is 2.67. The summed E-state index contributed by atoms with van der Waals surface area (Å²) < 4.78 is 27.0. The van der Waals surface area contributed by atoms with E-state index in [0.717, 1.165) is 0 Å². The lowest BCUT2D eigenvalue weighted by atomic mass is 10.2. The van der Waals surface area contributed by atoms with Crippen LogP contribution in [-0.4, -0.2) is 37.9 Å². The topological polar surface area (TPSA) is 73.2 Å². The maximum Gasteiger partial charge on any atom is 0.245 e. The van der Waals surface area contributed by atoms with Gasteiger partial charge in [-0.2, -0.15) is 9.57 Å². The second-order valence-corrected chi connectivity index (χ2v) is 7.17. The predicted octanol–water partition coefficient (Wildman–Crippen LogP) is 1.58. The Bertz CT molecular complexity index is 644. The first-order valence-corrected chi connectivity index (χ1v) is 8.13. The molecule has 1 aromatic rings. The maximum absolute atomic E-state index is 12.8. The average Bonchev–Trinajstić information content (AvgIpc) is 2.37. The standard InChI is InChI=1S/C13H16ClN3O2S/c1-9-7-16-8-10(2)17(9)20(18,19)13-4-3-11(6-15)5-12(13)14/h3-5,9-10,16H,7-8H2,1-2H3. The Morgan fingerprint density at radius 3 is 2.45 bits per heavy atom. The van der Waals surface area contributed by atoms with Crippen LogP contribution >= 0.6 is 11.6 Å². The number of nitriles is 1. The lowest BCUT2D eigenvalue weighted by Gasteiger charge is -2.38. The van der Waals surface area contributed by atoms with Gasteiger partial charge >= 0.3 is 0 Å². The van der Waals surface area contributed by atoms with Crippen LogP contribution in [0, 0.1) is 11.3 Å². The van der Waals surface area contributed by atoms with Gasteiger partial charge in [0.25, 0.3) is 0 Å². The largest absolute Gasteiger partial charge is 0.314 e. The minimum Gasteiger partial charge on any atom is -0.314 e. The summed E-state index contributed by atoms with van der Waals surface area (Å²) in [6, 6.07) is 5.90. The Balaban J connectivity index is 2.47. The minimum absolute atomic E-state index is 0.0544. The summed E-state index contributed by atoms with van der Waals surface area (Å²) in [6.07, 6.45) is 0. The molecule has 1 aliphatic rings. The number of hydrogen-bond acceptors (Lipinski definition) is 4. The van der Waals surface area contributed by atoms with Crippen LogP contribution in [0.2, 0.25) is 5.02 Å². The van der Waals surface area contributed by atoms with Gasteiger partial charge in [0.1, 0.15) is 4.90 Å². The molecule has 5 nitrogen and oxygen atoms in total. The smallest absolute Gasteiger partial charge is 0.245 e. The van der Waals surface area contributed by atoms with Crippen LogP contribution in [0.5, 0.6) is 0 Å². The number of hydrogen-bond donors (Lipinski definition) is 1. The molecule has 2 rings (SSSR count). The van der Waals surface area contributed by atoms with Gasteiger partial charge in [-0.3, -0.25) is 0 Å². The zero-order valence-electron chi connectivity index (χ0n) is 11.3. The molecule has 1 fully saturated rings. The highest BCUT2D eigenvalue weighted by Crippen LogP contribution is 2.28. The molecule has 1 N–H and O–H groups in total. The summed E-state index contributed by atoms with van der Waals surface area (Å²) in [5, 5.41) is 12.1. The number of nitrogens with zero attached hydrogens (tertiary/aromatic N) is 2. The van der Waals surface area contributed by atoms with Gasteiger partial charge in [0, 0.05) is 25.2 Å². The molecule has 0 bridgehead atoms. The fourth-order valence-electron chi connectivity index (χ4n) is 2.48. The van der Waals surface area contributed by atoms with Gasteiger partial charge in [0.05, 0.1) is 16.7 Å². The molecule has 108 valence electrons. The quantitative estimate of drug-likeness (QED) is 0.899. The van der Waals surface area contributed by atoms with Crippen molar-refractivity contribution in [3.8, 4) is 6.07 Å². The number of benzene rings is 1. The first-order chi connectivity index (χ1) is 9.37. The van der Waals surface area contributed by atoms with Crippen molar-refractivity contribution in [1.82, 2.24) is 9.62 Å². The molecule has 2 unspecified atom stereocenters. The van der Waals surface area contributed by atoms with Crippen LogP contribution in [0.3, 0.4) is 0 Å². The van der Waals surface area contributed by atoms with E-state index in [0.29, 0.717) is 18.7 Å². The molecule has 0 amide bonds. The van der Waals surface area contributed by atoms with Gasteiger partial charge in [0.15, 0.2) is 0 Å². The van der Waals surface area contributed by atoms with Gasteiger partial charge < -0.3 is 5.32 Å². The molecular weight excluding hydrogens is 298 g/mol. The second kappa shape index (κ2) is 5.70. The second-order valence-electron chi connectivity index (χ2n) is 4.95. The Morgan fingerprint density at radius 1 is 1.35 bits per heavy atom. The third-order valence-corrected chi connectivity index (χ3v) is 5.98. The third-order valence-electron chi connectivity index (χ3n) is 3.36. The lowest BCUT2D eigenvalue weighted by Crippen LogP contribution is -2.57. The summed E-state index contributed by atoms with van der Waals surface area (Å²) in [5.74, 6) is 0. The Hall–Kier alpha value is -1.13. The molecule has 1 saturated heterocycles. The summed E-state index contributed by atoms with van der Waals surface area (Å²) in [6.45, 7) is 4.93. The van der Waals surface area contributed by atoms with Crippen LogP contribution < -0.4 is 5.32 Å². The van der Waals surface area contributed by atoms with Crippen molar-refractivity contribution >= 4 is 21.6 Å². The molecule has 0 saturated carbocycles. The minimum atomic E-state index is -3.66. The zero-order valence-corrected chi connectivity index (χ0v) is 12.9. The van der Waals surface area contributed by atoms with E-state index >= 15 is 0 Å². The molecule has 2 atom stereocenters. The Labute approximate surface area is 124 Å². The molecule has 1 heterocycles. The van der Waals surface area contributed by atoms with Gasteiger partial charge in [-0.1, -0.05) is 11.6 Å². The molecular formula is C13H16ClN3O2S. The van der Waals surface area contributed by atoms with Crippen molar-refractivity contribution in [1.29, 1.82) is 5.26 Å². The normalized spacial score (nSPS) is 24.3. The van der Waals surface area contributed by atoms with E-state index in [2.05, 4.69) is 5.32 Å². The summed E-state index contributed by atoms with van der Waals surface area (Å²) in [5.41, 5.74) is 0.343. The van der Waals surface area contributed by atoms with E-state index in [1.165, 1.54) is 22.5 Å². The zero-order chi connectivity index (χ0) is 14.9. The van der Waals surface area contributed by atoms with Crippen LogP contribution in [0.1, 0.15) is 19.4 Å². The fourth-order valence-corrected chi connectivity index (χ4v) is 4.82. The van der Waals surface area contributed by atoms with E-state index in [-0.39, 0.29) is 22.0 Å². The van der Waals surface area contributed by atoms with Crippen molar-refractivity contribution in [3.63, 3.8) is 0 Å². The van der Waals surface area contributed by atoms with Crippen LogP contribution in [0.25, 0.3) is 0 Å². The highest BCUT2D eigenvalue weighted by atomic mass is 35.5. The predicted molar refractivity (Wildman–Crippen MR) is 77.0 cm³/mol. The average molecular weight is 314 g/mol. The Kier molecular flexibility index (Phi) is 4.35. The monoisotopic (exact) mass is 313 g/mol. The van der Waals surface area contributed by atoms with Gasteiger partial charge in [-0.05, 0) is 32.0 Å². The number of piperazine rings is 1. The number of sulfonamides is 1. The molecule has 0 aliphatic carbocycles. The SMILES string of the molecule is CC1CNCC(C)N1S(=O)(=O)c1ccc(C#N)cc1Cl. The van der Waals surface area contributed by atoms with E-state index < -0.39 is 10.0 Å². The fraction of sp³-hybridized carbons (Fsp3) is 0.462.